The minimum atomic E-state index is -0.362. The molecule has 0 aliphatic carbocycles. The molecule has 0 bridgehead atoms. The van der Waals surface area contributed by atoms with E-state index in [9.17, 15) is 9.59 Å². The fraction of sp³-hybridized carbons (Fsp3) is 0.429. The van der Waals surface area contributed by atoms with Crippen LogP contribution in [-0.2, 0) is 0 Å². The number of aromatic nitrogens is 4. The second-order valence-corrected chi connectivity index (χ2v) is 5.16. The molecule has 0 radical (unpaired) electrons. The van der Waals surface area contributed by atoms with Crippen molar-refractivity contribution in [2.75, 3.05) is 13.7 Å². The number of nitrogens with one attached hydrogen (secondary N) is 2. The third-order valence-electron chi connectivity index (χ3n) is 3.79. The highest BCUT2D eigenvalue weighted by Crippen LogP contribution is 2.29. The molecule has 1 aliphatic heterocycles. The Morgan fingerprint density at radius 1 is 1.41 bits per heavy atom. The third kappa shape index (κ3) is 2.72. The molecule has 0 spiro atoms. The molecule has 1 unspecified atom stereocenters. The number of hydrogen-bond donors (Lipinski definition) is 2. The molecule has 2 N–H and O–H groups in total. The maximum absolute atomic E-state index is 12.7. The molecule has 1 fully saturated rings. The van der Waals surface area contributed by atoms with E-state index in [1.165, 1.54) is 13.3 Å². The van der Waals surface area contributed by atoms with Crippen LogP contribution in [0.3, 0.4) is 0 Å². The van der Waals surface area contributed by atoms with Crippen LogP contribution in [0.25, 0.3) is 0 Å². The minimum Gasteiger partial charge on any atom is -0.481 e. The number of rotatable bonds is 3. The summed E-state index contributed by atoms with van der Waals surface area (Å²) in [5.74, 6) is 0.839. The topological polar surface area (TPSA) is 104 Å². The summed E-state index contributed by atoms with van der Waals surface area (Å²) in [5, 5.41) is 6.32. The van der Waals surface area contributed by atoms with Gasteiger partial charge in [0.2, 0.25) is 5.88 Å². The number of methoxy groups -OCH3 is 1. The molecule has 1 saturated heterocycles. The molecule has 22 heavy (non-hydrogen) atoms. The lowest BCUT2D eigenvalue weighted by atomic mass is 10.0. The van der Waals surface area contributed by atoms with Gasteiger partial charge in [-0.15, -0.1) is 0 Å². The smallest absolute Gasteiger partial charge is 0.340 e. The summed E-state index contributed by atoms with van der Waals surface area (Å²) in [7, 11) is 1.53. The average Bonchev–Trinajstić information content (AvgIpc) is 3.00. The minimum absolute atomic E-state index is 0.122. The van der Waals surface area contributed by atoms with Crippen molar-refractivity contribution in [1.29, 1.82) is 0 Å². The second-order valence-electron chi connectivity index (χ2n) is 5.16. The monoisotopic (exact) mass is 303 g/mol. The van der Waals surface area contributed by atoms with Crippen molar-refractivity contribution < 1.29 is 9.53 Å². The van der Waals surface area contributed by atoms with Gasteiger partial charge in [-0.25, -0.2) is 14.9 Å². The first-order valence-electron chi connectivity index (χ1n) is 7.14. The largest absolute Gasteiger partial charge is 0.481 e. The highest BCUT2D eigenvalue weighted by atomic mass is 16.5. The molecule has 8 heteroatoms. The number of nitrogens with zero attached hydrogens (tertiary/aromatic N) is 3. The number of hydrogen-bond acceptors (Lipinski definition) is 5. The highest BCUT2D eigenvalue weighted by Gasteiger charge is 2.31. The number of likely N-dealkylation sites (tertiary alicyclic amines) is 1. The first-order chi connectivity index (χ1) is 10.7. The molecule has 0 saturated carbocycles. The predicted octanol–water partition coefficient (Wildman–Crippen LogP) is 0.869. The summed E-state index contributed by atoms with van der Waals surface area (Å²) in [6, 6.07) is 3.12. The first-order valence-corrected chi connectivity index (χ1v) is 7.14. The molecule has 8 nitrogen and oxygen atoms in total. The van der Waals surface area contributed by atoms with E-state index in [2.05, 4.69) is 20.2 Å². The number of piperidine rings is 1. The Morgan fingerprint density at radius 2 is 2.27 bits per heavy atom. The van der Waals surface area contributed by atoms with Crippen LogP contribution in [0, 0.1) is 0 Å². The molecule has 2 aromatic heterocycles. The number of ether oxygens (including phenoxy) is 1. The van der Waals surface area contributed by atoms with Gasteiger partial charge in [0, 0.05) is 18.8 Å². The van der Waals surface area contributed by atoms with Gasteiger partial charge in [0.15, 0.2) is 5.82 Å². The molecule has 1 amide bonds. The predicted molar refractivity (Wildman–Crippen MR) is 77.6 cm³/mol. The van der Waals surface area contributed by atoms with Gasteiger partial charge >= 0.3 is 5.69 Å². The molecule has 2 aromatic rings. The van der Waals surface area contributed by atoms with Crippen molar-refractivity contribution >= 4 is 5.91 Å². The summed E-state index contributed by atoms with van der Waals surface area (Å²) < 4.78 is 5.00. The first kappa shape index (κ1) is 14.3. The standard InChI is InChI=1S/C14H17N5O3/c1-22-11-6-5-9(8-15-11)13(20)19-7-3-2-4-10(19)12-16-14(21)18-17-12/h5-6,8,10H,2-4,7H2,1H3,(H2,16,17,18,21). The van der Waals surface area contributed by atoms with E-state index in [4.69, 9.17) is 4.74 Å². The van der Waals surface area contributed by atoms with Crippen LogP contribution in [0.1, 0.15) is 41.5 Å². The van der Waals surface area contributed by atoms with E-state index in [-0.39, 0.29) is 17.6 Å². The Hall–Kier alpha value is -2.64. The maximum atomic E-state index is 12.7. The van der Waals surface area contributed by atoms with E-state index in [0.29, 0.717) is 23.8 Å². The lowest BCUT2D eigenvalue weighted by Gasteiger charge is -2.34. The van der Waals surface area contributed by atoms with Crippen LogP contribution in [0.4, 0.5) is 0 Å². The fourth-order valence-electron chi connectivity index (χ4n) is 2.69. The highest BCUT2D eigenvalue weighted by molar-refractivity contribution is 5.94. The van der Waals surface area contributed by atoms with Crippen LogP contribution < -0.4 is 10.4 Å². The van der Waals surface area contributed by atoms with E-state index in [1.54, 1.807) is 17.0 Å². The third-order valence-corrected chi connectivity index (χ3v) is 3.79. The SMILES string of the molecule is COc1ccc(C(=O)N2CCCCC2c2n[nH]c(=O)[nH]2)cn1. The van der Waals surface area contributed by atoms with Gasteiger partial charge in [0.1, 0.15) is 0 Å². The van der Waals surface area contributed by atoms with E-state index in [1.807, 2.05) is 0 Å². The van der Waals surface area contributed by atoms with Crippen LogP contribution in [0.2, 0.25) is 0 Å². The Labute approximate surface area is 126 Å². The number of amides is 1. The van der Waals surface area contributed by atoms with E-state index in [0.717, 1.165) is 19.3 Å². The molecular weight excluding hydrogens is 286 g/mol. The van der Waals surface area contributed by atoms with Crippen molar-refractivity contribution in [1.82, 2.24) is 25.1 Å². The Bertz CT molecular complexity index is 706. The summed E-state index contributed by atoms with van der Waals surface area (Å²) >= 11 is 0. The van der Waals surface area contributed by atoms with Gasteiger partial charge in [0.05, 0.1) is 18.7 Å². The quantitative estimate of drug-likeness (QED) is 0.875. The van der Waals surface area contributed by atoms with Crippen molar-refractivity contribution in [2.24, 2.45) is 0 Å². The lowest BCUT2D eigenvalue weighted by Crippen LogP contribution is -2.39. The molecule has 116 valence electrons. The van der Waals surface area contributed by atoms with Crippen LogP contribution in [0.5, 0.6) is 5.88 Å². The Kier molecular flexibility index (Phi) is 3.90. The number of pyridine rings is 1. The fourth-order valence-corrected chi connectivity index (χ4v) is 2.69. The molecule has 1 atom stereocenters. The van der Waals surface area contributed by atoms with E-state index >= 15 is 0 Å². The van der Waals surface area contributed by atoms with Gasteiger partial charge in [-0.2, -0.15) is 5.10 Å². The van der Waals surface area contributed by atoms with Crippen molar-refractivity contribution in [3.05, 3.63) is 40.2 Å². The molecule has 3 heterocycles. The summed E-state index contributed by atoms with van der Waals surface area (Å²) in [6.07, 6.45) is 4.20. The Morgan fingerprint density at radius 3 is 2.91 bits per heavy atom. The Balaban J connectivity index is 1.86. The number of carbonyl (C=O) groups is 1. The number of carbonyl (C=O) groups excluding carboxylic acids is 1. The summed E-state index contributed by atoms with van der Waals surface area (Å²) in [5.41, 5.74) is 0.129. The van der Waals surface area contributed by atoms with Gasteiger partial charge in [0.25, 0.3) is 5.91 Å². The van der Waals surface area contributed by atoms with Crippen LogP contribution >= 0.6 is 0 Å². The molecular formula is C14H17N5O3. The molecule has 1 aliphatic rings. The van der Waals surface area contributed by atoms with Gasteiger partial charge in [-0.05, 0) is 25.3 Å². The maximum Gasteiger partial charge on any atom is 0.340 e. The zero-order chi connectivity index (χ0) is 15.5. The second kappa shape index (κ2) is 6.00. The van der Waals surface area contributed by atoms with Crippen LogP contribution in [0.15, 0.2) is 23.1 Å². The van der Waals surface area contributed by atoms with Gasteiger partial charge in [-0.3, -0.25) is 9.78 Å². The van der Waals surface area contributed by atoms with Crippen molar-refractivity contribution in [3.8, 4) is 5.88 Å². The zero-order valence-electron chi connectivity index (χ0n) is 12.2. The van der Waals surface area contributed by atoms with Crippen molar-refractivity contribution in [2.45, 2.75) is 25.3 Å². The summed E-state index contributed by atoms with van der Waals surface area (Å²) in [4.78, 5) is 32.4. The average molecular weight is 303 g/mol. The normalized spacial score (nSPS) is 18.2. The lowest BCUT2D eigenvalue weighted by molar-refractivity contribution is 0.0600. The van der Waals surface area contributed by atoms with Gasteiger partial charge in [-0.1, -0.05) is 0 Å². The van der Waals surface area contributed by atoms with E-state index < -0.39 is 0 Å². The van der Waals surface area contributed by atoms with Crippen LogP contribution in [-0.4, -0.2) is 44.6 Å². The van der Waals surface area contributed by atoms with Crippen molar-refractivity contribution in [3.63, 3.8) is 0 Å². The summed E-state index contributed by atoms with van der Waals surface area (Å²) in [6.45, 7) is 0.629. The number of aromatic amines is 2. The van der Waals surface area contributed by atoms with Gasteiger partial charge < -0.3 is 9.64 Å². The number of H-pyrrole nitrogens is 2. The molecule has 0 aromatic carbocycles. The zero-order valence-corrected chi connectivity index (χ0v) is 12.2. The molecule has 3 rings (SSSR count).